The average molecular weight is 946 g/mol. The molecule has 2 amide bonds. The number of carbonyl (C=O) groups excluding carboxylic acids is 3. The average Bonchev–Trinajstić information content (AvgIpc) is 3.33. The highest BCUT2D eigenvalue weighted by atomic mass is 35.5. The fraction of sp³-hybridized carbons (Fsp3) is 0.200. The Hall–Kier alpha value is -6.89. The van der Waals surface area contributed by atoms with Crippen LogP contribution in [0.2, 0.25) is 10.0 Å². The third kappa shape index (κ3) is 10.3. The van der Waals surface area contributed by atoms with E-state index in [0.717, 1.165) is 26.6 Å². The number of carbonyl (C=O) groups is 3. The number of nitrogens with one attached hydrogen (secondary N) is 2. The summed E-state index contributed by atoms with van der Waals surface area (Å²) in [5, 5.41) is 15.5. The number of hydrogen-bond donors (Lipinski definition) is 2. The first kappa shape index (κ1) is 45.7. The second-order valence-electron chi connectivity index (χ2n) is 15.7. The number of methoxy groups -OCH3 is 1. The van der Waals surface area contributed by atoms with Crippen LogP contribution in [0.15, 0.2) is 132 Å². The molecular formula is C50H42Cl2N4O9S. The molecule has 0 saturated heterocycles. The van der Waals surface area contributed by atoms with Gasteiger partial charge in [-0.1, -0.05) is 77.8 Å². The van der Waals surface area contributed by atoms with Gasteiger partial charge < -0.3 is 29.6 Å². The van der Waals surface area contributed by atoms with Gasteiger partial charge >= 0.3 is 5.97 Å². The minimum Gasteiger partial charge on any atom is -0.489 e. The van der Waals surface area contributed by atoms with Crippen molar-refractivity contribution in [3.8, 4) is 34.4 Å². The van der Waals surface area contributed by atoms with E-state index in [9.17, 15) is 22.8 Å². The van der Waals surface area contributed by atoms with Crippen molar-refractivity contribution >= 4 is 56.7 Å². The second-order valence-corrected chi connectivity index (χ2v) is 18.4. The van der Waals surface area contributed by atoms with Crippen molar-refractivity contribution in [2.24, 2.45) is 0 Å². The van der Waals surface area contributed by atoms with E-state index in [1.54, 1.807) is 36.4 Å². The number of ether oxygens (including phenoxy) is 4. The molecule has 6 aromatic rings. The minimum atomic E-state index is -4.38. The molecule has 2 N–H and O–H groups in total. The molecule has 13 nitrogen and oxygen atoms in total. The Kier molecular flexibility index (Phi) is 13.6. The molecule has 6 aromatic carbocycles. The molecule has 1 unspecified atom stereocenters. The zero-order valence-corrected chi connectivity index (χ0v) is 38.0. The van der Waals surface area contributed by atoms with E-state index in [4.69, 9.17) is 47.4 Å². The van der Waals surface area contributed by atoms with Crippen molar-refractivity contribution in [1.82, 2.24) is 9.62 Å². The number of anilines is 1. The number of sulfonamides is 1. The van der Waals surface area contributed by atoms with Crippen molar-refractivity contribution in [3.63, 3.8) is 0 Å². The second kappa shape index (κ2) is 19.7. The van der Waals surface area contributed by atoms with Gasteiger partial charge in [-0.2, -0.15) is 9.57 Å². The van der Waals surface area contributed by atoms with Crippen molar-refractivity contribution < 1.29 is 41.7 Å². The molecule has 0 aromatic heterocycles. The first-order valence-corrected chi connectivity index (χ1v) is 23.0. The number of amides is 2. The Bertz CT molecular complexity index is 2940. The first-order valence-electron chi connectivity index (χ1n) is 20.8. The summed E-state index contributed by atoms with van der Waals surface area (Å²) in [5.74, 6) is -0.264. The highest BCUT2D eigenvalue weighted by molar-refractivity contribution is 7.89. The molecule has 0 aliphatic carbocycles. The topological polar surface area (TPSA) is 173 Å². The van der Waals surface area contributed by atoms with Gasteiger partial charge in [-0.25, -0.2) is 13.2 Å². The molecule has 2 heterocycles. The number of fused-ring (bicyclic) bond motifs is 2. The lowest BCUT2D eigenvalue weighted by Gasteiger charge is -2.37. The maximum Gasteiger partial charge on any atom is 0.328 e. The predicted octanol–water partition coefficient (Wildman–Crippen LogP) is 8.60. The molecule has 0 spiro atoms. The summed E-state index contributed by atoms with van der Waals surface area (Å²) in [4.78, 5) is 39.3. The van der Waals surface area contributed by atoms with Crippen LogP contribution in [0.25, 0.3) is 11.1 Å². The van der Waals surface area contributed by atoms with Crippen LogP contribution in [0.4, 0.5) is 5.69 Å². The zero-order valence-electron chi connectivity index (χ0n) is 35.6. The maximum atomic E-state index is 14.6. The van der Waals surface area contributed by atoms with Gasteiger partial charge in [0.1, 0.15) is 31.0 Å². The summed E-state index contributed by atoms with van der Waals surface area (Å²) in [6, 6.07) is 36.1. The maximum absolute atomic E-state index is 14.6. The predicted molar refractivity (Wildman–Crippen MR) is 248 cm³/mol. The van der Waals surface area contributed by atoms with Crippen LogP contribution in [0, 0.1) is 11.3 Å². The summed E-state index contributed by atoms with van der Waals surface area (Å²) in [7, 11) is -3.16. The Balaban J connectivity index is 1.03. The van der Waals surface area contributed by atoms with Crippen molar-refractivity contribution in [2.75, 3.05) is 19.0 Å². The van der Waals surface area contributed by atoms with E-state index >= 15 is 0 Å². The quantitative estimate of drug-likeness (QED) is 0.107. The first-order chi connectivity index (χ1) is 31.8. The van der Waals surface area contributed by atoms with Crippen LogP contribution in [0.3, 0.4) is 0 Å². The molecule has 2 aliphatic rings. The Morgan fingerprint density at radius 1 is 0.833 bits per heavy atom. The van der Waals surface area contributed by atoms with Gasteiger partial charge in [0.25, 0.3) is 0 Å². The normalized spacial score (nSPS) is 15.9. The lowest BCUT2D eigenvalue weighted by Crippen LogP contribution is -2.56. The molecule has 8 rings (SSSR count). The number of esters is 1. The standard InChI is InChI=1S/C50H42Cl2N4O9S/c1-30(57)54-39-14-18-41(19-15-39)66(60,61)56-27-38-25-47-46(64-29-48(65-47)36-12-16-40(17-13-36)63-28-33-7-20-42(51)43(52)21-33)24-37(38)23-45(56)49(58)55-44(50(59)62-2)22-31-3-8-34(9-4-31)35-10-5-32(26-53)6-11-35/h3-21,24-25,44-45,48H,22-23,27-29H2,1-2H3,(H,54,57)(H,55,58)/t44?,45-,48+/m0/s1. The molecule has 336 valence electrons. The Morgan fingerprint density at radius 3 is 2.15 bits per heavy atom. The van der Waals surface area contributed by atoms with Gasteiger partial charge in [0.05, 0.1) is 33.7 Å². The van der Waals surface area contributed by atoms with Crippen LogP contribution in [0.5, 0.6) is 17.2 Å². The van der Waals surface area contributed by atoms with Crippen LogP contribution in [-0.2, 0) is 55.1 Å². The molecule has 0 radical (unpaired) electrons. The lowest BCUT2D eigenvalue weighted by molar-refractivity contribution is -0.145. The summed E-state index contributed by atoms with van der Waals surface area (Å²) < 4.78 is 54.0. The molecule has 66 heavy (non-hydrogen) atoms. The molecule has 3 atom stereocenters. The number of benzene rings is 6. The highest BCUT2D eigenvalue weighted by Crippen LogP contribution is 2.42. The lowest BCUT2D eigenvalue weighted by atomic mass is 9.93. The molecular weight excluding hydrogens is 904 g/mol. The monoisotopic (exact) mass is 944 g/mol. The van der Waals surface area contributed by atoms with E-state index in [0.29, 0.717) is 61.8 Å². The SMILES string of the molecule is COC(=O)C(Cc1ccc(-c2ccc(C#N)cc2)cc1)NC(=O)[C@@H]1Cc2cc3c(cc2CN1S(=O)(=O)c1ccc(NC(C)=O)cc1)O[C@@H](c1ccc(OCc2ccc(Cl)c(Cl)c2)cc1)CO3. The Morgan fingerprint density at radius 2 is 1.50 bits per heavy atom. The van der Waals surface area contributed by atoms with Gasteiger partial charge in [-0.05, 0) is 118 Å². The van der Waals surface area contributed by atoms with Gasteiger partial charge in [-0.15, -0.1) is 0 Å². The molecule has 0 fully saturated rings. The molecule has 0 saturated carbocycles. The number of hydrogen-bond acceptors (Lipinski definition) is 10. The van der Waals surface area contributed by atoms with Gasteiger partial charge in [0.15, 0.2) is 17.6 Å². The fourth-order valence-corrected chi connectivity index (χ4v) is 9.69. The van der Waals surface area contributed by atoms with Crippen LogP contribution in [-0.4, -0.2) is 56.3 Å². The van der Waals surface area contributed by atoms with E-state index in [1.165, 1.54) is 38.3 Å². The van der Waals surface area contributed by atoms with Crippen molar-refractivity contribution in [3.05, 3.63) is 171 Å². The van der Waals surface area contributed by atoms with E-state index in [2.05, 4.69) is 16.7 Å². The van der Waals surface area contributed by atoms with Crippen LogP contribution >= 0.6 is 23.2 Å². The van der Waals surface area contributed by atoms with Gasteiger partial charge in [-0.3, -0.25) is 9.59 Å². The molecule has 2 aliphatic heterocycles. The summed E-state index contributed by atoms with van der Waals surface area (Å²) in [6.07, 6.45) is -0.492. The van der Waals surface area contributed by atoms with E-state index < -0.39 is 40.1 Å². The number of rotatable bonds is 13. The smallest absolute Gasteiger partial charge is 0.328 e. The van der Waals surface area contributed by atoms with Crippen molar-refractivity contribution in [2.45, 2.75) is 56.0 Å². The third-order valence-corrected chi connectivity index (χ3v) is 13.9. The third-order valence-electron chi connectivity index (χ3n) is 11.3. The largest absolute Gasteiger partial charge is 0.489 e. The fourth-order valence-electron chi connectivity index (χ4n) is 7.80. The Labute approximate surface area is 391 Å². The molecule has 0 bridgehead atoms. The summed E-state index contributed by atoms with van der Waals surface area (Å²) >= 11 is 12.2. The van der Waals surface area contributed by atoms with Crippen LogP contribution in [0.1, 0.15) is 46.4 Å². The van der Waals surface area contributed by atoms with Crippen LogP contribution < -0.4 is 24.8 Å². The van der Waals surface area contributed by atoms with E-state index in [-0.39, 0.29) is 36.8 Å². The van der Waals surface area contributed by atoms with Crippen molar-refractivity contribution in [1.29, 1.82) is 5.26 Å². The van der Waals surface area contributed by atoms with Gasteiger partial charge in [0.2, 0.25) is 21.8 Å². The minimum absolute atomic E-state index is 0.0543. The summed E-state index contributed by atoms with van der Waals surface area (Å²) in [6.45, 7) is 1.60. The van der Waals surface area contributed by atoms with Gasteiger partial charge in [0, 0.05) is 25.6 Å². The number of nitriles is 1. The summed E-state index contributed by atoms with van der Waals surface area (Å²) in [5.41, 5.74) is 6.39. The zero-order chi connectivity index (χ0) is 46.5. The molecule has 16 heteroatoms. The number of nitrogens with zero attached hydrogens (tertiary/aromatic N) is 2. The number of halogens is 2. The highest BCUT2D eigenvalue weighted by Gasteiger charge is 2.42. The van der Waals surface area contributed by atoms with E-state index in [1.807, 2.05) is 66.7 Å².